The van der Waals surface area contributed by atoms with E-state index in [0.29, 0.717) is 24.8 Å². The van der Waals surface area contributed by atoms with Crippen molar-refractivity contribution in [3.05, 3.63) is 34.9 Å². The van der Waals surface area contributed by atoms with Gasteiger partial charge in [-0.15, -0.1) is 0 Å². The predicted molar refractivity (Wildman–Crippen MR) is 83.2 cm³/mol. The van der Waals surface area contributed by atoms with Gasteiger partial charge in [-0.1, -0.05) is 23.7 Å². The normalized spacial score (nSPS) is 22.6. The lowest BCUT2D eigenvalue weighted by atomic mass is 9.96. The maximum absolute atomic E-state index is 12.1. The molecule has 3 atom stereocenters. The van der Waals surface area contributed by atoms with E-state index in [2.05, 4.69) is 10.2 Å². The number of hydrogen-bond acceptors (Lipinski definition) is 4. The van der Waals surface area contributed by atoms with Gasteiger partial charge in [0.05, 0.1) is 19.3 Å². The summed E-state index contributed by atoms with van der Waals surface area (Å²) < 4.78 is 5.46. The van der Waals surface area contributed by atoms with Gasteiger partial charge in [0.25, 0.3) is 0 Å². The largest absolute Gasteiger partial charge is 0.378 e. The average Bonchev–Trinajstić information content (AvgIpc) is 2.49. The molecule has 6 heteroatoms. The van der Waals surface area contributed by atoms with Crippen molar-refractivity contribution < 1.29 is 9.53 Å². The second-order valence-corrected chi connectivity index (χ2v) is 5.73. The third kappa shape index (κ3) is 3.74. The molecule has 5 nitrogen and oxygen atoms in total. The maximum Gasteiger partial charge on any atom is 0.239 e. The van der Waals surface area contributed by atoms with Crippen LogP contribution in [0.5, 0.6) is 0 Å². The highest BCUT2D eigenvalue weighted by molar-refractivity contribution is 6.30. The number of nitrogens with one attached hydrogen (secondary N) is 1. The van der Waals surface area contributed by atoms with E-state index < -0.39 is 0 Å². The fraction of sp³-hybridized carbons (Fsp3) is 0.533. The van der Waals surface area contributed by atoms with Gasteiger partial charge in [0.2, 0.25) is 5.91 Å². The van der Waals surface area contributed by atoms with Crippen molar-refractivity contribution in [3.8, 4) is 0 Å². The van der Waals surface area contributed by atoms with E-state index in [9.17, 15) is 4.79 Å². The molecule has 1 heterocycles. The minimum Gasteiger partial charge on any atom is -0.378 e. The van der Waals surface area contributed by atoms with Crippen molar-refractivity contribution >= 4 is 17.5 Å². The summed E-state index contributed by atoms with van der Waals surface area (Å²) in [6, 6.07) is 7.14. The molecule has 0 aliphatic carbocycles. The van der Waals surface area contributed by atoms with E-state index >= 15 is 0 Å². The Morgan fingerprint density at radius 1 is 1.48 bits per heavy atom. The molecule has 21 heavy (non-hydrogen) atoms. The van der Waals surface area contributed by atoms with E-state index in [1.54, 1.807) is 7.05 Å². The second-order valence-electron chi connectivity index (χ2n) is 5.30. The van der Waals surface area contributed by atoms with Crippen LogP contribution in [0.25, 0.3) is 0 Å². The molecule has 0 saturated carbocycles. The summed E-state index contributed by atoms with van der Waals surface area (Å²) in [7, 11) is 1.64. The van der Waals surface area contributed by atoms with Crippen LogP contribution in [0.2, 0.25) is 5.02 Å². The van der Waals surface area contributed by atoms with Gasteiger partial charge in [0, 0.05) is 24.7 Å². The van der Waals surface area contributed by atoms with Gasteiger partial charge in [-0.05, 0) is 24.6 Å². The summed E-state index contributed by atoms with van der Waals surface area (Å²) in [6.07, 6.45) is 0. The lowest BCUT2D eigenvalue weighted by Gasteiger charge is -2.41. The van der Waals surface area contributed by atoms with Gasteiger partial charge in [0.1, 0.15) is 6.04 Å². The highest BCUT2D eigenvalue weighted by Crippen LogP contribution is 2.28. The number of carbonyl (C=O) groups is 1. The fourth-order valence-corrected chi connectivity index (χ4v) is 2.93. The summed E-state index contributed by atoms with van der Waals surface area (Å²) in [6.45, 7) is 3.61. The zero-order valence-electron chi connectivity index (χ0n) is 12.4. The molecule has 3 N–H and O–H groups in total. The van der Waals surface area contributed by atoms with E-state index in [0.717, 1.165) is 5.56 Å². The van der Waals surface area contributed by atoms with Crippen LogP contribution in [0.3, 0.4) is 0 Å². The monoisotopic (exact) mass is 311 g/mol. The quantitative estimate of drug-likeness (QED) is 0.876. The zero-order chi connectivity index (χ0) is 15.4. The third-order valence-electron chi connectivity index (χ3n) is 3.79. The number of benzene rings is 1. The van der Waals surface area contributed by atoms with Gasteiger partial charge in [-0.3, -0.25) is 9.69 Å². The number of hydrogen-bond donors (Lipinski definition) is 2. The Hall–Kier alpha value is -1.14. The van der Waals surface area contributed by atoms with Gasteiger partial charge in [-0.2, -0.15) is 0 Å². The number of rotatable bonds is 4. The minimum atomic E-state index is -0.324. The molecule has 1 aromatic rings. The number of ether oxygens (including phenoxy) is 1. The summed E-state index contributed by atoms with van der Waals surface area (Å²) in [5.41, 5.74) is 7.25. The number of carbonyl (C=O) groups excluding carboxylic acids is 1. The zero-order valence-corrected chi connectivity index (χ0v) is 13.1. The number of likely N-dealkylation sites (N-methyl/N-ethyl adjacent to an activating group) is 1. The van der Waals surface area contributed by atoms with Crippen molar-refractivity contribution in [2.24, 2.45) is 5.73 Å². The van der Waals surface area contributed by atoms with E-state index in [1.165, 1.54) is 0 Å². The first-order valence-electron chi connectivity index (χ1n) is 7.10. The van der Waals surface area contributed by atoms with Crippen LogP contribution in [-0.2, 0) is 9.53 Å². The SMILES string of the molecule is CNC(=O)C1COCCN1C(c1ccc(Cl)cc1)C(C)N. The molecular formula is C15H22ClN3O2. The van der Waals surface area contributed by atoms with Crippen LogP contribution in [0.4, 0.5) is 0 Å². The minimum absolute atomic E-state index is 0.0469. The van der Waals surface area contributed by atoms with Crippen molar-refractivity contribution in [2.75, 3.05) is 26.8 Å². The molecule has 3 unspecified atom stereocenters. The Morgan fingerprint density at radius 3 is 2.71 bits per heavy atom. The van der Waals surface area contributed by atoms with Crippen LogP contribution < -0.4 is 11.1 Å². The van der Waals surface area contributed by atoms with Gasteiger partial charge in [0.15, 0.2) is 0 Å². The molecule has 1 fully saturated rings. The highest BCUT2D eigenvalue weighted by Gasteiger charge is 2.36. The number of amides is 1. The summed E-state index contributed by atoms with van der Waals surface area (Å²) in [5.74, 6) is -0.0469. The van der Waals surface area contributed by atoms with E-state index in [-0.39, 0.29) is 24.0 Å². The Labute approximate surface area is 130 Å². The first-order valence-corrected chi connectivity index (χ1v) is 7.48. The molecule has 1 aliphatic heterocycles. The van der Waals surface area contributed by atoms with Crippen molar-refractivity contribution in [2.45, 2.75) is 25.0 Å². The van der Waals surface area contributed by atoms with E-state index in [1.807, 2.05) is 31.2 Å². The lowest BCUT2D eigenvalue weighted by Crippen LogP contribution is -2.56. The van der Waals surface area contributed by atoms with Crippen molar-refractivity contribution in [1.82, 2.24) is 10.2 Å². The lowest BCUT2D eigenvalue weighted by molar-refractivity contribution is -0.134. The van der Waals surface area contributed by atoms with Crippen LogP contribution in [0.1, 0.15) is 18.5 Å². The molecule has 0 radical (unpaired) electrons. The molecule has 1 saturated heterocycles. The second kappa shape index (κ2) is 7.22. The molecule has 1 aliphatic rings. The molecule has 0 bridgehead atoms. The number of morpholine rings is 1. The number of nitrogens with two attached hydrogens (primary N) is 1. The van der Waals surface area contributed by atoms with Crippen molar-refractivity contribution in [1.29, 1.82) is 0 Å². The first kappa shape index (κ1) is 16.2. The topological polar surface area (TPSA) is 67.6 Å². The Kier molecular flexibility index (Phi) is 5.58. The van der Waals surface area contributed by atoms with Crippen LogP contribution in [-0.4, -0.2) is 49.7 Å². The average molecular weight is 312 g/mol. The number of halogens is 1. The Morgan fingerprint density at radius 2 is 2.14 bits per heavy atom. The standard InChI is InChI=1S/C15H22ClN3O2/c1-10(17)14(11-3-5-12(16)6-4-11)19-7-8-21-9-13(19)15(20)18-2/h3-6,10,13-14H,7-9,17H2,1-2H3,(H,18,20). The van der Waals surface area contributed by atoms with E-state index in [4.69, 9.17) is 22.1 Å². The maximum atomic E-state index is 12.1. The van der Waals surface area contributed by atoms with Gasteiger partial charge < -0.3 is 15.8 Å². The number of nitrogens with zero attached hydrogens (tertiary/aromatic N) is 1. The summed E-state index contributed by atoms with van der Waals surface area (Å²) in [4.78, 5) is 14.2. The smallest absolute Gasteiger partial charge is 0.239 e. The fourth-order valence-electron chi connectivity index (χ4n) is 2.80. The summed E-state index contributed by atoms with van der Waals surface area (Å²) in [5, 5.41) is 3.38. The predicted octanol–water partition coefficient (Wildman–Crippen LogP) is 1.18. The molecule has 0 aromatic heterocycles. The molecule has 0 spiro atoms. The Balaban J connectivity index is 2.31. The Bertz CT molecular complexity index is 478. The molecule has 1 aromatic carbocycles. The summed E-state index contributed by atoms with van der Waals surface area (Å²) >= 11 is 5.95. The van der Waals surface area contributed by atoms with Crippen LogP contribution in [0.15, 0.2) is 24.3 Å². The molecule has 116 valence electrons. The van der Waals surface area contributed by atoms with Gasteiger partial charge in [-0.25, -0.2) is 0 Å². The molecule has 1 amide bonds. The van der Waals surface area contributed by atoms with Crippen LogP contribution >= 0.6 is 11.6 Å². The highest BCUT2D eigenvalue weighted by atomic mass is 35.5. The van der Waals surface area contributed by atoms with Gasteiger partial charge >= 0.3 is 0 Å². The molecular weight excluding hydrogens is 290 g/mol. The van der Waals surface area contributed by atoms with Crippen molar-refractivity contribution in [3.63, 3.8) is 0 Å². The first-order chi connectivity index (χ1) is 10.0. The third-order valence-corrected chi connectivity index (χ3v) is 4.04. The molecule has 2 rings (SSSR count). The van der Waals surface area contributed by atoms with Crippen LogP contribution in [0, 0.1) is 0 Å².